The molecule has 0 aliphatic carbocycles. The molecule has 3 heterocycles. The Morgan fingerprint density at radius 2 is 0.758 bits per heavy atom. The van der Waals surface area contributed by atoms with Crippen molar-refractivity contribution in [2.45, 2.75) is 0 Å². The summed E-state index contributed by atoms with van der Waals surface area (Å²) in [4.78, 5) is 15.7. The smallest absolute Gasteiger partial charge is 0.166 e. The molecule has 12 rings (SSSR count). The number of para-hydroxylation sites is 2. The summed E-state index contributed by atoms with van der Waals surface area (Å²) in [6.07, 6.45) is 0. The second-order valence-electron chi connectivity index (χ2n) is 15.5. The van der Waals surface area contributed by atoms with Crippen LogP contribution in [0.2, 0.25) is 0 Å². The number of aromatic nitrogens is 4. The van der Waals surface area contributed by atoms with Gasteiger partial charge in [0.25, 0.3) is 0 Å². The number of benzene rings is 9. The van der Waals surface area contributed by atoms with Crippen LogP contribution >= 0.6 is 11.3 Å². The molecule has 0 fully saturated rings. The van der Waals surface area contributed by atoms with Gasteiger partial charge in [0, 0.05) is 47.6 Å². The number of hydrogen-bond donors (Lipinski definition) is 0. The van der Waals surface area contributed by atoms with Crippen molar-refractivity contribution in [2.75, 3.05) is 0 Å². The van der Waals surface area contributed by atoms with Gasteiger partial charge in [-0.05, 0) is 57.6 Å². The molecule has 0 unspecified atom stereocenters. The lowest BCUT2D eigenvalue weighted by Gasteiger charge is -2.15. The van der Waals surface area contributed by atoms with Gasteiger partial charge in [0.2, 0.25) is 0 Å². The highest BCUT2D eigenvalue weighted by atomic mass is 32.1. The van der Waals surface area contributed by atoms with Crippen LogP contribution in [0.25, 0.3) is 115 Å². The molecule has 0 N–H and O–H groups in total. The van der Waals surface area contributed by atoms with Gasteiger partial charge in [-0.25, -0.2) is 15.0 Å². The minimum atomic E-state index is 0.612. The summed E-state index contributed by atoms with van der Waals surface area (Å²) in [5.74, 6) is 1.85. The number of hydrogen-bond acceptors (Lipinski definition) is 4. The zero-order valence-corrected chi connectivity index (χ0v) is 34.3. The first-order valence-electron chi connectivity index (χ1n) is 20.9. The van der Waals surface area contributed by atoms with Crippen LogP contribution in [0, 0.1) is 0 Å². The second-order valence-corrected chi connectivity index (χ2v) is 16.6. The monoisotopic (exact) mass is 808 g/mol. The van der Waals surface area contributed by atoms with Crippen LogP contribution in [-0.4, -0.2) is 19.5 Å². The maximum absolute atomic E-state index is 5.28. The fraction of sp³-hybridized carbons (Fsp3) is 0. The van der Waals surface area contributed by atoms with E-state index in [0.717, 1.165) is 44.5 Å². The Morgan fingerprint density at radius 1 is 0.290 bits per heavy atom. The molecule has 290 valence electrons. The molecule has 0 aliphatic heterocycles. The molecule has 62 heavy (non-hydrogen) atoms. The number of nitrogens with zero attached hydrogens (tertiary/aromatic N) is 4. The van der Waals surface area contributed by atoms with E-state index in [1.54, 1.807) is 0 Å². The molecule has 0 atom stereocenters. The number of thiophene rings is 1. The number of fused-ring (bicyclic) bond motifs is 7. The van der Waals surface area contributed by atoms with E-state index in [0.29, 0.717) is 17.5 Å². The molecule has 3 aromatic heterocycles. The van der Waals surface area contributed by atoms with E-state index in [4.69, 9.17) is 15.0 Å². The first kappa shape index (κ1) is 35.9. The van der Waals surface area contributed by atoms with Crippen LogP contribution < -0.4 is 0 Å². The topological polar surface area (TPSA) is 43.6 Å². The molecule has 12 aromatic rings. The first-order chi connectivity index (χ1) is 30.7. The quantitative estimate of drug-likeness (QED) is 0.161. The Bertz CT molecular complexity index is 3490. The van der Waals surface area contributed by atoms with E-state index in [1.807, 2.05) is 23.5 Å². The second kappa shape index (κ2) is 14.9. The van der Waals surface area contributed by atoms with Crippen molar-refractivity contribution in [1.29, 1.82) is 0 Å². The maximum atomic E-state index is 5.28. The van der Waals surface area contributed by atoms with Crippen molar-refractivity contribution in [3.63, 3.8) is 0 Å². The lowest BCUT2D eigenvalue weighted by atomic mass is 10.0. The van der Waals surface area contributed by atoms with Crippen LogP contribution in [0.5, 0.6) is 0 Å². The third-order valence-corrected chi connectivity index (χ3v) is 13.2. The molecule has 0 spiro atoms. The van der Waals surface area contributed by atoms with Crippen LogP contribution in [-0.2, 0) is 0 Å². The number of rotatable bonds is 7. The highest BCUT2D eigenvalue weighted by Crippen LogP contribution is 2.46. The summed E-state index contributed by atoms with van der Waals surface area (Å²) in [6, 6.07) is 77.2. The normalized spacial score (nSPS) is 11.5. The van der Waals surface area contributed by atoms with Crippen molar-refractivity contribution in [2.24, 2.45) is 0 Å². The van der Waals surface area contributed by atoms with Gasteiger partial charge in [0.15, 0.2) is 17.5 Å². The van der Waals surface area contributed by atoms with Crippen LogP contribution in [0.15, 0.2) is 218 Å². The molecule has 5 heteroatoms. The molecular weight excluding hydrogens is 773 g/mol. The molecular formula is C57H36N4S. The highest BCUT2D eigenvalue weighted by Gasteiger charge is 2.22. The molecule has 9 aromatic carbocycles. The Balaban J connectivity index is 1.05. The van der Waals surface area contributed by atoms with Crippen molar-refractivity contribution in [3.05, 3.63) is 218 Å². The van der Waals surface area contributed by atoms with Gasteiger partial charge < -0.3 is 4.57 Å². The van der Waals surface area contributed by atoms with E-state index in [9.17, 15) is 0 Å². The summed E-state index contributed by atoms with van der Waals surface area (Å²) < 4.78 is 4.99. The largest absolute Gasteiger partial charge is 0.308 e. The summed E-state index contributed by atoms with van der Waals surface area (Å²) >= 11 is 1.89. The van der Waals surface area contributed by atoms with E-state index in [-0.39, 0.29) is 0 Å². The molecule has 0 radical (unpaired) electrons. The van der Waals surface area contributed by atoms with Crippen molar-refractivity contribution < 1.29 is 0 Å². The van der Waals surface area contributed by atoms with Gasteiger partial charge in [0.1, 0.15) is 0 Å². The third kappa shape index (κ3) is 6.09. The van der Waals surface area contributed by atoms with Crippen molar-refractivity contribution >= 4 is 53.3 Å². The predicted molar refractivity (Wildman–Crippen MR) is 260 cm³/mol. The van der Waals surface area contributed by atoms with E-state index in [1.165, 1.54) is 53.2 Å². The Morgan fingerprint density at radius 3 is 1.40 bits per heavy atom. The van der Waals surface area contributed by atoms with Gasteiger partial charge in [-0.3, -0.25) is 0 Å². The fourth-order valence-electron chi connectivity index (χ4n) is 8.91. The zero-order valence-electron chi connectivity index (χ0n) is 33.5. The van der Waals surface area contributed by atoms with Gasteiger partial charge in [-0.15, -0.1) is 11.3 Å². The highest BCUT2D eigenvalue weighted by molar-refractivity contribution is 7.27. The lowest BCUT2D eigenvalue weighted by Crippen LogP contribution is -2.03. The standard InChI is InChI=1S/C57H36N4S/c1-4-15-37(16-5-1)39-27-31-42(32-28-39)55-58-56(43-33-29-40(30-34-43)38-17-6-2-7-18-38)60-57(59-55)48-22-11-13-26-50(48)61-49-25-12-10-21-47(49)52-51(61)36-35-46-45-24-14-23-44(53(45)62-54(46)52)41-19-8-3-9-20-41/h1-36H. The maximum Gasteiger partial charge on any atom is 0.166 e. The van der Waals surface area contributed by atoms with Crippen molar-refractivity contribution in [1.82, 2.24) is 19.5 Å². The van der Waals surface area contributed by atoms with Gasteiger partial charge in [-0.2, -0.15) is 0 Å². The molecule has 0 bridgehead atoms. The Kier molecular flexibility index (Phi) is 8.65. The van der Waals surface area contributed by atoms with E-state index in [2.05, 4.69) is 211 Å². The van der Waals surface area contributed by atoms with Gasteiger partial charge in [-0.1, -0.05) is 194 Å². The summed E-state index contributed by atoms with van der Waals surface area (Å²) in [5.41, 5.74) is 13.1. The van der Waals surface area contributed by atoms with E-state index >= 15 is 0 Å². The SMILES string of the molecule is c1ccc(-c2ccc(-c3nc(-c4ccc(-c5ccccc5)cc4)nc(-c4ccccc4-n4c5ccccc5c5c6sc7c(-c8ccccc8)cccc7c6ccc54)n3)cc2)cc1. The van der Waals surface area contributed by atoms with Crippen LogP contribution in [0.1, 0.15) is 0 Å². The summed E-state index contributed by atoms with van der Waals surface area (Å²) in [5, 5.41) is 5.02. The minimum Gasteiger partial charge on any atom is -0.308 e. The minimum absolute atomic E-state index is 0.612. The first-order valence-corrected chi connectivity index (χ1v) is 21.7. The van der Waals surface area contributed by atoms with Crippen LogP contribution in [0.3, 0.4) is 0 Å². The Labute approximate surface area is 362 Å². The zero-order chi connectivity index (χ0) is 41.0. The molecule has 4 nitrogen and oxygen atoms in total. The molecule has 0 amide bonds. The van der Waals surface area contributed by atoms with Gasteiger partial charge >= 0.3 is 0 Å². The summed E-state index contributed by atoms with van der Waals surface area (Å²) in [7, 11) is 0. The van der Waals surface area contributed by atoms with E-state index < -0.39 is 0 Å². The average Bonchev–Trinajstić information content (AvgIpc) is 3.91. The Hall–Kier alpha value is -7.99. The van der Waals surface area contributed by atoms with Crippen molar-refractivity contribution in [3.8, 4) is 73.2 Å². The summed E-state index contributed by atoms with van der Waals surface area (Å²) in [6.45, 7) is 0. The lowest BCUT2D eigenvalue weighted by molar-refractivity contribution is 1.06. The molecule has 0 saturated heterocycles. The average molecular weight is 809 g/mol. The third-order valence-electron chi connectivity index (χ3n) is 11.9. The molecule has 0 aliphatic rings. The fourth-order valence-corrected chi connectivity index (χ4v) is 10.3. The predicted octanol–water partition coefficient (Wildman–Crippen LogP) is 15.3. The van der Waals surface area contributed by atoms with Gasteiger partial charge in [0.05, 0.1) is 16.7 Å². The molecule has 0 saturated carbocycles. The van der Waals surface area contributed by atoms with Crippen LogP contribution in [0.4, 0.5) is 0 Å².